The maximum atomic E-state index is 10.6. The van der Waals surface area contributed by atoms with Crippen LogP contribution in [0.2, 0.25) is 0 Å². The molecule has 0 saturated carbocycles. The van der Waals surface area contributed by atoms with Crippen molar-refractivity contribution in [2.45, 2.75) is 26.3 Å². The largest absolute Gasteiger partial charge is 0.465 e. The molecular formula is C13H17NO2. The van der Waals surface area contributed by atoms with Crippen LogP contribution in [0.5, 0.6) is 0 Å². The molecule has 0 spiro atoms. The summed E-state index contributed by atoms with van der Waals surface area (Å²) < 4.78 is 0. The topological polar surface area (TPSA) is 49.3 Å². The summed E-state index contributed by atoms with van der Waals surface area (Å²) in [5.41, 5.74) is 2.41. The summed E-state index contributed by atoms with van der Waals surface area (Å²) in [7, 11) is 0. The van der Waals surface area contributed by atoms with Crippen molar-refractivity contribution in [2.75, 3.05) is 0 Å². The minimum atomic E-state index is -1.02. The van der Waals surface area contributed by atoms with Crippen molar-refractivity contribution in [1.82, 2.24) is 5.32 Å². The molecule has 86 valence electrons. The maximum absolute atomic E-state index is 10.6. The van der Waals surface area contributed by atoms with Gasteiger partial charge in [-0.3, -0.25) is 0 Å². The average molecular weight is 219 g/mol. The van der Waals surface area contributed by atoms with E-state index in [1.165, 1.54) is 0 Å². The Kier molecular flexibility index (Phi) is 3.38. The van der Waals surface area contributed by atoms with Crippen LogP contribution in [-0.2, 0) is 5.54 Å². The van der Waals surface area contributed by atoms with Gasteiger partial charge in [0.1, 0.15) is 0 Å². The number of carbonyl (C=O) groups is 1. The molecule has 0 radical (unpaired) electrons. The van der Waals surface area contributed by atoms with Gasteiger partial charge in [0, 0.05) is 0 Å². The number of allylic oxidation sites excluding steroid dienone is 1. The molecule has 0 atom stereocenters. The Labute approximate surface area is 95.8 Å². The van der Waals surface area contributed by atoms with Crippen LogP contribution in [0.3, 0.4) is 0 Å². The number of nitrogens with one attached hydrogen (secondary N) is 1. The molecule has 0 heterocycles. The smallest absolute Gasteiger partial charge is 0.405 e. The predicted octanol–water partition coefficient (Wildman–Crippen LogP) is 3.22. The molecule has 16 heavy (non-hydrogen) atoms. The zero-order valence-electron chi connectivity index (χ0n) is 9.87. The van der Waals surface area contributed by atoms with Gasteiger partial charge in [-0.05, 0) is 31.9 Å². The molecular weight excluding hydrogens is 202 g/mol. The van der Waals surface area contributed by atoms with Crippen LogP contribution in [0.4, 0.5) is 4.79 Å². The van der Waals surface area contributed by atoms with Gasteiger partial charge >= 0.3 is 6.09 Å². The monoisotopic (exact) mass is 219 g/mol. The SMILES string of the molecule is C=C(C)c1ccc(C(C)(C)NC(=O)O)cc1. The molecule has 0 unspecified atom stereocenters. The van der Waals surface area contributed by atoms with Crippen LogP contribution in [-0.4, -0.2) is 11.2 Å². The normalized spacial score (nSPS) is 10.9. The van der Waals surface area contributed by atoms with E-state index in [9.17, 15) is 4.79 Å². The lowest BCUT2D eigenvalue weighted by atomic mass is 9.93. The molecule has 3 heteroatoms. The predicted molar refractivity (Wildman–Crippen MR) is 65.3 cm³/mol. The van der Waals surface area contributed by atoms with Crippen LogP contribution in [0, 0.1) is 0 Å². The second-order valence-electron chi connectivity index (χ2n) is 4.41. The second-order valence-corrected chi connectivity index (χ2v) is 4.41. The molecule has 1 rings (SSSR count). The zero-order chi connectivity index (χ0) is 12.3. The summed E-state index contributed by atoms with van der Waals surface area (Å²) in [5, 5.41) is 11.2. The first-order valence-corrected chi connectivity index (χ1v) is 5.10. The van der Waals surface area contributed by atoms with E-state index in [0.717, 1.165) is 16.7 Å². The highest BCUT2D eigenvalue weighted by atomic mass is 16.4. The van der Waals surface area contributed by atoms with Gasteiger partial charge in [0.2, 0.25) is 0 Å². The highest BCUT2D eigenvalue weighted by Crippen LogP contribution is 2.22. The molecule has 0 fully saturated rings. The van der Waals surface area contributed by atoms with Crippen molar-refractivity contribution in [2.24, 2.45) is 0 Å². The third kappa shape index (κ3) is 2.86. The van der Waals surface area contributed by atoms with Gasteiger partial charge in [0.05, 0.1) is 5.54 Å². The third-order valence-corrected chi connectivity index (χ3v) is 2.52. The first kappa shape index (κ1) is 12.3. The van der Waals surface area contributed by atoms with E-state index in [1.807, 2.05) is 45.0 Å². The van der Waals surface area contributed by atoms with Gasteiger partial charge in [-0.25, -0.2) is 4.79 Å². The molecule has 1 amide bonds. The number of carboxylic acid groups (broad SMARTS) is 1. The Morgan fingerprint density at radius 1 is 1.31 bits per heavy atom. The first-order chi connectivity index (χ1) is 7.33. The lowest BCUT2D eigenvalue weighted by Gasteiger charge is -2.25. The molecule has 0 saturated heterocycles. The average Bonchev–Trinajstić information content (AvgIpc) is 2.16. The Morgan fingerprint density at radius 2 is 1.81 bits per heavy atom. The minimum absolute atomic E-state index is 0.584. The Balaban J connectivity index is 2.96. The summed E-state index contributed by atoms with van der Waals surface area (Å²) in [6.45, 7) is 9.46. The molecule has 0 aliphatic heterocycles. The number of rotatable bonds is 3. The summed E-state index contributed by atoms with van der Waals surface area (Å²) in [4.78, 5) is 10.6. The molecule has 1 aromatic rings. The fourth-order valence-corrected chi connectivity index (χ4v) is 1.51. The lowest BCUT2D eigenvalue weighted by Crippen LogP contribution is -2.39. The van der Waals surface area contributed by atoms with Crippen molar-refractivity contribution >= 4 is 11.7 Å². The fraction of sp³-hybridized carbons (Fsp3) is 0.308. The van der Waals surface area contributed by atoms with Gasteiger partial charge in [0.15, 0.2) is 0 Å². The van der Waals surface area contributed by atoms with Crippen LogP contribution >= 0.6 is 0 Å². The van der Waals surface area contributed by atoms with E-state index in [1.54, 1.807) is 0 Å². The fourth-order valence-electron chi connectivity index (χ4n) is 1.51. The quantitative estimate of drug-likeness (QED) is 0.820. The van der Waals surface area contributed by atoms with Gasteiger partial charge in [-0.1, -0.05) is 36.4 Å². The molecule has 0 aliphatic rings. The van der Waals surface area contributed by atoms with Crippen LogP contribution in [0.15, 0.2) is 30.8 Å². The Bertz CT molecular complexity index is 404. The molecule has 2 N–H and O–H groups in total. The molecule has 3 nitrogen and oxygen atoms in total. The number of amides is 1. The van der Waals surface area contributed by atoms with Crippen LogP contribution < -0.4 is 5.32 Å². The van der Waals surface area contributed by atoms with E-state index in [0.29, 0.717) is 0 Å². The van der Waals surface area contributed by atoms with E-state index < -0.39 is 11.6 Å². The van der Waals surface area contributed by atoms with E-state index in [2.05, 4.69) is 11.9 Å². The zero-order valence-corrected chi connectivity index (χ0v) is 9.87. The Hall–Kier alpha value is -1.77. The summed E-state index contributed by atoms with van der Waals surface area (Å²) >= 11 is 0. The number of hydrogen-bond donors (Lipinski definition) is 2. The van der Waals surface area contributed by atoms with E-state index in [-0.39, 0.29) is 0 Å². The van der Waals surface area contributed by atoms with E-state index >= 15 is 0 Å². The Morgan fingerprint density at radius 3 is 2.19 bits per heavy atom. The number of benzene rings is 1. The molecule has 0 aromatic heterocycles. The highest BCUT2D eigenvalue weighted by molar-refractivity contribution is 5.66. The van der Waals surface area contributed by atoms with Gasteiger partial charge in [0.25, 0.3) is 0 Å². The van der Waals surface area contributed by atoms with Crippen molar-refractivity contribution in [3.8, 4) is 0 Å². The highest BCUT2D eigenvalue weighted by Gasteiger charge is 2.22. The van der Waals surface area contributed by atoms with Gasteiger partial charge in [-0.15, -0.1) is 0 Å². The maximum Gasteiger partial charge on any atom is 0.405 e. The second kappa shape index (κ2) is 4.39. The van der Waals surface area contributed by atoms with Crippen molar-refractivity contribution in [3.05, 3.63) is 42.0 Å². The van der Waals surface area contributed by atoms with Crippen molar-refractivity contribution in [3.63, 3.8) is 0 Å². The van der Waals surface area contributed by atoms with Crippen molar-refractivity contribution < 1.29 is 9.90 Å². The summed E-state index contributed by atoms with van der Waals surface area (Å²) in [5.74, 6) is 0. The van der Waals surface area contributed by atoms with Crippen molar-refractivity contribution in [1.29, 1.82) is 0 Å². The number of hydrogen-bond acceptors (Lipinski definition) is 1. The molecule has 1 aromatic carbocycles. The minimum Gasteiger partial charge on any atom is -0.465 e. The van der Waals surface area contributed by atoms with E-state index in [4.69, 9.17) is 5.11 Å². The van der Waals surface area contributed by atoms with Gasteiger partial charge in [-0.2, -0.15) is 0 Å². The standard InChI is InChI=1S/C13H17NO2/c1-9(2)10-5-7-11(8-6-10)13(3,4)14-12(15)16/h5-8,14H,1H2,2-4H3,(H,15,16). The lowest BCUT2D eigenvalue weighted by molar-refractivity contribution is 0.182. The van der Waals surface area contributed by atoms with Crippen LogP contribution in [0.25, 0.3) is 5.57 Å². The summed E-state index contributed by atoms with van der Waals surface area (Å²) in [6, 6.07) is 7.73. The summed E-state index contributed by atoms with van der Waals surface area (Å²) in [6.07, 6.45) is -1.02. The van der Waals surface area contributed by atoms with Crippen LogP contribution in [0.1, 0.15) is 31.9 Å². The first-order valence-electron chi connectivity index (χ1n) is 5.10. The van der Waals surface area contributed by atoms with Gasteiger partial charge < -0.3 is 10.4 Å². The molecule has 0 bridgehead atoms. The molecule has 0 aliphatic carbocycles. The third-order valence-electron chi connectivity index (χ3n) is 2.52.